The van der Waals surface area contributed by atoms with Crippen LogP contribution in [0.1, 0.15) is 0 Å². The number of methoxy groups -OCH3 is 2. The molecule has 1 fully saturated rings. The molecule has 1 saturated heterocycles. The van der Waals surface area contributed by atoms with E-state index in [1.54, 1.807) is 0 Å². The summed E-state index contributed by atoms with van der Waals surface area (Å²) < 4.78 is 14.8. The Morgan fingerprint density at radius 3 is 2.14 bits per heavy atom. The third-order valence-electron chi connectivity index (χ3n) is 2.36. The van der Waals surface area contributed by atoms with Crippen LogP contribution in [0.25, 0.3) is 0 Å². The van der Waals surface area contributed by atoms with Gasteiger partial charge in [-0.1, -0.05) is 0 Å². The number of ether oxygens (including phenoxy) is 3. The van der Waals surface area contributed by atoms with Crippen molar-refractivity contribution in [3.63, 3.8) is 0 Å². The number of rotatable bonds is 3. The smallest absolute Gasteiger partial charge is 0.184 e. The van der Waals surface area contributed by atoms with Gasteiger partial charge in [0.2, 0.25) is 0 Å². The molecule has 0 bridgehead atoms. The lowest BCUT2D eigenvalue weighted by atomic mass is 9.99. The summed E-state index contributed by atoms with van der Waals surface area (Å²) >= 11 is 0. The monoisotopic (exact) mass is 208 g/mol. The molecular formula is C8H16O6. The predicted molar refractivity (Wildman–Crippen MR) is 45.6 cm³/mol. The first-order valence-electron chi connectivity index (χ1n) is 4.33. The molecule has 0 spiro atoms. The van der Waals surface area contributed by atoms with E-state index in [2.05, 4.69) is 0 Å². The Bertz CT molecular complexity index is 175. The minimum atomic E-state index is -1.20. The summed E-state index contributed by atoms with van der Waals surface area (Å²) in [5, 5.41) is 27.9. The van der Waals surface area contributed by atoms with E-state index in [4.69, 9.17) is 19.3 Å². The topological polar surface area (TPSA) is 88.4 Å². The van der Waals surface area contributed by atoms with Crippen molar-refractivity contribution in [1.82, 2.24) is 0 Å². The van der Waals surface area contributed by atoms with Gasteiger partial charge >= 0.3 is 0 Å². The highest BCUT2D eigenvalue weighted by atomic mass is 16.7. The van der Waals surface area contributed by atoms with Gasteiger partial charge in [-0.3, -0.25) is 0 Å². The molecule has 1 aliphatic rings. The SMILES string of the molecule is COC1[C@@H](OC)[C@H](O)C(CO)O[C@@H]1O. The summed E-state index contributed by atoms with van der Waals surface area (Å²) in [4.78, 5) is 0. The Labute approximate surface area is 82.0 Å². The summed E-state index contributed by atoms with van der Waals surface area (Å²) in [5.41, 5.74) is 0. The van der Waals surface area contributed by atoms with Crippen LogP contribution in [0.4, 0.5) is 0 Å². The van der Waals surface area contributed by atoms with E-state index >= 15 is 0 Å². The van der Waals surface area contributed by atoms with Gasteiger partial charge in [0.25, 0.3) is 0 Å². The van der Waals surface area contributed by atoms with Gasteiger partial charge in [-0.25, -0.2) is 0 Å². The minimum absolute atomic E-state index is 0.380. The Morgan fingerprint density at radius 2 is 1.71 bits per heavy atom. The van der Waals surface area contributed by atoms with Gasteiger partial charge in [-0.2, -0.15) is 0 Å². The molecule has 1 aliphatic heterocycles. The predicted octanol–water partition coefficient (Wildman–Crippen LogP) is -1.91. The largest absolute Gasteiger partial charge is 0.394 e. The van der Waals surface area contributed by atoms with Crippen LogP contribution >= 0.6 is 0 Å². The summed E-state index contributed by atoms with van der Waals surface area (Å²) in [6, 6.07) is 0. The van der Waals surface area contributed by atoms with Crippen molar-refractivity contribution in [2.45, 2.75) is 30.7 Å². The lowest BCUT2D eigenvalue weighted by Gasteiger charge is -2.40. The van der Waals surface area contributed by atoms with Crippen molar-refractivity contribution in [3.05, 3.63) is 0 Å². The van der Waals surface area contributed by atoms with E-state index in [-0.39, 0.29) is 6.61 Å². The minimum Gasteiger partial charge on any atom is -0.394 e. The molecular weight excluding hydrogens is 192 g/mol. The first kappa shape index (κ1) is 11.8. The zero-order valence-electron chi connectivity index (χ0n) is 8.16. The van der Waals surface area contributed by atoms with Crippen LogP contribution in [-0.4, -0.2) is 66.9 Å². The van der Waals surface area contributed by atoms with Crippen LogP contribution in [-0.2, 0) is 14.2 Å². The lowest BCUT2D eigenvalue weighted by molar-refractivity contribution is -0.295. The van der Waals surface area contributed by atoms with Gasteiger partial charge in [-0.15, -0.1) is 0 Å². The maximum atomic E-state index is 9.65. The fraction of sp³-hybridized carbons (Fsp3) is 1.00. The quantitative estimate of drug-likeness (QED) is 0.501. The highest BCUT2D eigenvalue weighted by molar-refractivity contribution is 4.90. The van der Waals surface area contributed by atoms with Crippen LogP contribution in [0.2, 0.25) is 0 Å². The van der Waals surface area contributed by atoms with Gasteiger partial charge in [0, 0.05) is 14.2 Å². The summed E-state index contributed by atoms with van der Waals surface area (Å²) in [5.74, 6) is 0. The molecule has 5 atom stereocenters. The van der Waals surface area contributed by atoms with Crippen LogP contribution in [0.5, 0.6) is 0 Å². The normalized spacial score (nSPS) is 43.9. The molecule has 0 saturated carbocycles. The molecule has 0 aliphatic carbocycles. The molecule has 14 heavy (non-hydrogen) atoms. The van der Waals surface area contributed by atoms with Gasteiger partial charge < -0.3 is 29.5 Å². The molecule has 0 aromatic carbocycles. The van der Waals surface area contributed by atoms with Gasteiger partial charge in [0.15, 0.2) is 6.29 Å². The zero-order valence-corrected chi connectivity index (χ0v) is 8.16. The number of aliphatic hydroxyl groups excluding tert-OH is 3. The molecule has 0 amide bonds. The second kappa shape index (κ2) is 5.01. The molecule has 2 unspecified atom stereocenters. The Kier molecular flexibility index (Phi) is 4.24. The van der Waals surface area contributed by atoms with Crippen molar-refractivity contribution < 1.29 is 29.5 Å². The van der Waals surface area contributed by atoms with Crippen molar-refractivity contribution >= 4 is 0 Å². The standard InChI is InChI=1S/C8H16O6/c1-12-6-5(10)4(3-9)14-8(11)7(6)13-2/h4-11H,3H2,1-2H3/t4?,5-,6+,7?,8+/m1/s1. The molecule has 0 aromatic rings. The highest BCUT2D eigenvalue weighted by Crippen LogP contribution is 2.23. The Hall–Kier alpha value is -0.240. The van der Waals surface area contributed by atoms with Crippen molar-refractivity contribution in [3.8, 4) is 0 Å². The number of hydrogen-bond donors (Lipinski definition) is 3. The summed E-state index contributed by atoms with van der Waals surface area (Å²) in [6.07, 6.45) is -4.52. The van der Waals surface area contributed by atoms with Crippen LogP contribution < -0.4 is 0 Å². The van der Waals surface area contributed by atoms with Crippen molar-refractivity contribution in [2.75, 3.05) is 20.8 Å². The average molecular weight is 208 g/mol. The van der Waals surface area contributed by atoms with Crippen LogP contribution in [0, 0.1) is 0 Å². The lowest BCUT2D eigenvalue weighted by Crippen LogP contribution is -2.59. The maximum absolute atomic E-state index is 9.65. The molecule has 84 valence electrons. The van der Waals surface area contributed by atoms with Crippen LogP contribution in [0.15, 0.2) is 0 Å². The Morgan fingerprint density at radius 1 is 1.14 bits per heavy atom. The summed E-state index contributed by atoms with van der Waals surface area (Å²) in [7, 11) is 2.78. The molecule has 0 aromatic heterocycles. The highest BCUT2D eigenvalue weighted by Gasteiger charge is 2.44. The van der Waals surface area contributed by atoms with E-state index in [0.29, 0.717) is 0 Å². The fourth-order valence-corrected chi connectivity index (χ4v) is 1.58. The molecule has 0 radical (unpaired) electrons. The second-order valence-electron chi connectivity index (χ2n) is 3.14. The average Bonchev–Trinajstić information content (AvgIpc) is 2.20. The van der Waals surface area contributed by atoms with Gasteiger partial charge in [0.05, 0.1) is 6.61 Å². The first-order chi connectivity index (χ1) is 6.65. The number of aliphatic hydroxyl groups is 3. The molecule has 1 heterocycles. The maximum Gasteiger partial charge on any atom is 0.184 e. The van der Waals surface area contributed by atoms with E-state index in [9.17, 15) is 10.2 Å². The second-order valence-corrected chi connectivity index (χ2v) is 3.14. The van der Waals surface area contributed by atoms with E-state index in [1.807, 2.05) is 0 Å². The van der Waals surface area contributed by atoms with E-state index in [0.717, 1.165) is 0 Å². The van der Waals surface area contributed by atoms with E-state index < -0.39 is 30.7 Å². The van der Waals surface area contributed by atoms with Crippen molar-refractivity contribution in [1.29, 1.82) is 0 Å². The third-order valence-corrected chi connectivity index (χ3v) is 2.36. The van der Waals surface area contributed by atoms with Gasteiger partial charge in [-0.05, 0) is 0 Å². The van der Waals surface area contributed by atoms with Crippen LogP contribution in [0.3, 0.4) is 0 Å². The molecule has 6 heteroatoms. The molecule has 6 nitrogen and oxygen atoms in total. The number of hydrogen-bond acceptors (Lipinski definition) is 6. The van der Waals surface area contributed by atoms with E-state index in [1.165, 1.54) is 14.2 Å². The van der Waals surface area contributed by atoms with Crippen molar-refractivity contribution in [2.24, 2.45) is 0 Å². The van der Waals surface area contributed by atoms with Gasteiger partial charge in [0.1, 0.15) is 24.4 Å². The molecule has 3 N–H and O–H groups in total. The zero-order chi connectivity index (χ0) is 10.7. The first-order valence-corrected chi connectivity index (χ1v) is 4.33. The summed E-state index contributed by atoms with van der Waals surface area (Å²) in [6.45, 7) is -0.380. The third kappa shape index (κ3) is 2.05. The Balaban J connectivity index is 2.73. The molecule has 1 rings (SSSR count). The fourth-order valence-electron chi connectivity index (χ4n) is 1.58.